The summed E-state index contributed by atoms with van der Waals surface area (Å²) in [6.07, 6.45) is 0. The monoisotopic (exact) mass is 270 g/mol. The van der Waals surface area contributed by atoms with Crippen molar-refractivity contribution >= 4 is 23.3 Å². The van der Waals surface area contributed by atoms with Gasteiger partial charge in [0, 0.05) is 18.5 Å². The Labute approximate surface area is 112 Å². The highest BCUT2D eigenvalue weighted by atomic mass is 35.5. The van der Waals surface area contributed by atoms with Crippen molar-refractivity contribution in [2.24, 2.45) is 0 Å². The van der Waals surface area contributed by atoms with Crippen LogP contribution in [0.4, 0.5) is 5.82 Å². The number of halogens is 1. The fourth-order valence-electron chi connectivity index (χ4n) is 1.38. The average molecular weight is 271 g/mol. The quantitative estimate of drug-likeness (QED) is 0.805. The molecule has 1 aromatic heterocycles. The summed E-state index contributed by atoms with van der Waals surface area (Å²) in [7, 11) is 0. The lowest BCUT2D eigenvalue weighted by Crippen LogP contribution is -2.37. The van der Waals surface area contributed by atoms with E-state index in [4.69, 9.17) is 11.6 Å². The summed E-state index contributed by atoms with van der Waals surface area (Å²) in [4.78, 5) is 20.1. The standard InChI is InChI=1S/C12H19ClN4O/c1-5-14-12(18)8(4)15-10-6-9(13)16-11(17-10)7(2)3/h6-8H,5H2,1-4H3,(H,14,18)(H,15,16,17). The van der Waals surface area contributed by atoms with Crippen molar-refractivity contribution in [2.45, 2.75) is 39.7 Å². The molecule has 5 nitrogen and oxygen atoms in total. The Balaban J connectivity index is 2.81. The Morgan fingerprint density at radius 3 is 2.61 bits per heavy atom. The maximum atomic E-state index is 11.6. The summed E-state index contributed by atoms with van der Waals surface area (Å²) < 4.78 is 0. The van der Waals surface area contributed by atoms with Crippen molar-refractivity contribution in [1.82, 2.24) is 15.3 Å². The van der Waals surface area contributed by atoms with E-state index in [0.29, 0.717) is 23.3 Å². The van der Waals surface area contributed by atoms with Crippen LogP contribution >= 0.6 is 11.6 Å². The van der Waals surface area contributed by atoms with Gasteiger partial charge in [-0.3, -0.25) is 4.79 Å². The molecule has 6 heteroatoms. The number of nitrogens with zero attached hydrogens (tertiary/aromatic N) is 2. The molecule has 0 aromatic carbocycles. The van der Waals surface area contributed by atoms with Crippen LogP contribution in [-0.4, -0.2) is 28.5 Å². The normalized spacial score (nSPS) is 12.3. The van der Waals surface area contributed by atoms with Gasteiger partial charge in [-0.15, -0.1) is 0 Å². The fraction of sp³-hybridized carbons (Fsp3) is 0.583. The molecule has 0 fully saturated rings. The minimum Gasteiger partial charge on any atom is -0.358 e. The smallest absolute Gasteiger partial charge is 0.242 e. The molecule has 1 amide bonds. The molecule has 1 aromatic rings. The zero-order valence-corrected chi connectivity index (χ0v) is 11.9. The number of anilines is 1. The van der Waals surface area contributed by atoms with Crippen LogP contribution in [0.15, 0.2) is 6.07 Å². The van der Waals surface area contributed by atoms with E-state index in [1.807, 2.05) is 20.8 Å². The zero-order chi connectivity index (χ0) is 13.7. The van der Waals surface area contributed by atoms with Crippen LogP contribution in [0.3, 0.4) is 0 Å². The minimum atomic E-state index is -0.365. The van der Waals surface area contributed by atoms with Gasteiger partial charge in [-0.1, -0.05) is 25.4 Å². The number of rotatable bonds is 5. The number of nitrogens with one attached hydrogen (secondary N) is 2. The third kappa shape index (κ3) is 4.14. The van der Waals surface area contributed by atoms with E-state index in [9.17, 15) is 4.79 Å². The molecule has 0 aliphatic heterocycles. The van der Waals surface area contributed by atoms with Crippen molar-refractivity contribution in [2.75, 3.05) is 11.9 Å². The summed E-state index contributed by atoms with van der Waals surface area (Å²) in [5.41, 5.74) is 0. The highest BCUT2D eigenvalue weighted by Crippen LogP contribution is 2.17. The van der Waals surface area contributed by atoms with Gasteiger partial charge in [0.25, 0.3) is 0 Å². The Morgan fingerprint density at radius 1 is 1.39 bits per heavy atom. The Morgan fingerprint density at radius 2 is 2.06 bits per heavy atom. The molecule has 1 heterocycles. The van der Waals surface area contributed by atoms with Crippen molar-refractivity contribution in [3.8, 4) is 0 Å². The van der Waals surface area contributed by atoms with E-state index >= 15 is 0 Å². The maximum absolute atomic E-state index is 11.6. The lowest BCUT2D eigenvalue weighted by Gasteiger charge is -2.15. The summed E-state index contributed by atoms with van der Waals surface area (Å²) in [5, 5.41) is 6.13. The van der Waals surface area contributed by atoms with Crippen molar-refractivity contribution < 1.29 is 4.79 Å². The largest absolute Gasteiger partial charge is 0.358 e. The van der Waals surface area contributed by atoms with E-state index < -0.39 is 0 Å². The molecule has 1 rings (SSSR count). The molecular weight excluding hydrogens is 252 g/mol. The fourth-order valence-corrected chi connectivity index (χ4v) is 1.57. The second kappa shape index (κ2) is 6.54. The Bertz CT molecular complexity index is 423. The number of aromatic nitrogens is 2. The van der Waals surface area contributed by atoms with Gasteiger partial charge in [0.05, 0.1) is 0 Å². The summed E-state index contributed by atoms with van der Waals surface area (Å²) in [5.74, 6) is 1.34. The number of likely N-dealkylation sites (N-methyl/N-ethyl adjacent to an activating group) is 1. The zero-order valence-electron chi connectivity index (χ0n) is 11.1. The Hall–Kier alpha value is -1.36. The highest BCUT2D eigenvalue weighted by molar-refractivity contribution is 6.29. The van der Waals surface area contributed by atoms with Crippen LogP contribution < -0.4 is 10.6 Å². The highest BCUT2D eigenvalue weighted by Gasteiger charge is 2.13. The van der Waals surface area contributed by atoms with Crippen molar-refractivity contribution in [3.63, 3.8) is 0 Å². The minimum absolute atomic E-state index is 0.0710. The molecule has 18 heavy (non-hydrogen) atoms. The first kappa shape index (κ1) is 14.7. The molecule has 1 atom stereocenters. The van der Waals surface area contributed by atoms with Gasteiger partial charge in [-0.05, 0) is 13.8 Å². The molecule has 0 saturated carbocycles. The summed E-state index contributed by atoms with van der Waals surface area (Å²) >= 11 is 5.93. The molecule has 0 aliphatic rings. The first-order valence-electron chi connectivity index (χ1n) is 6.02. The van der Waals surface area contributed by atoms with Crippen LogP contribution in [0.2, 0.25) is 5.15 Å². The number of carbonyl (C=O) groups excluding carboxylic acids is 1. The van der Waals surface area contributed by atoms with E-state index in [1.165, 1.54) is 0 Å². The van der Waals surface area contributed by atoms with E-state index in [0.717, 1.165) is 0 Å². The second-order valence-electron chi connectivity index (χ2n) is 4.35. The molecule has 0 aliphatic carbocycles. The van der Waals surface area contributed by atoms with Crippen LogP contribution in [0.1, 0.15) is 39.4 Å². The first-order chi connectivity index (χ1) is 8.43. The molecule has 2 N–H and O–H groups in total. The van der Waals surface area contributed by atoms with Gasteiger partial charge in [0.2, 0.25) is 5.91 Å². The van der Waals surface area contributed by atoms with Gasteiger partial charge >= 0.3 is 0 Å². The van der Waals surface area contributed by atoms with E-state index in [1.54, 1.807) is 13.0 Å². The third-order valence-corrected chi connectivity index (χ3v) is 2.53. The van der Waals surface area contributed by atoms with Crippen LogP contribution in [0.25, 0.3) is 0 Å². The maximum Gasteiger partial charge on any atom is 0.242 e. The number of hydrogen-bond acceptors (Lipinski definition) is 4. The molecule has 0 spiro atoms. The van der Waals surface area contributed by atoms with Gasteiger partial charge in [0.15, 0.2) is 0 Å². The molecule has 0 bridgehead atoms. The third-order valence-electron chi connectivity index (χ3n) is 2.34. The van der Waals surface area contributed by atoms with Gasteiger partial charge in [-0.2, -0.15) is 0 Å². The van der Waals surface area contributed by atoms with Crippen molar-refractivity contribution in [3.05, 3.63) is 17.0 Å². The lowest BCUT2D eigenvalue weighted by atomic mass is 10.2. The van der Waals surface area contributed by atoms with E-state index in [-0.39, 0.29) is 17.9 Å². The predicted octanol–water partition coefficient (Wildman–Crippen LogP) is 2.19. The molecule has 0 saturated heterocycles. The van der Waals surface area contributed by atoms with Gasteiger partial charge in [-0.25, -0.2) is 9.97 Å². The van der Waals surface area contributed by atoms with Crippen molar-refractivity contribution in [1.29, 1.82) is 0 Å². The SMILES string of the molecule is CCNC(=O)C(C)Nc1cc(Cl)nc(C(C)C)n1. The topological polar surface area (TPSA) is 66.9 Å². The predicted molar refractivity (Wildman–Crippen MR) is 72.9 cm³/mol. The van der Waals surface area contributed by atoms with Crippen LogP contribution in [0, 0.1) is 0 Å². The molecule has 100 valence electrons. The van der Waals surface area contributed by atoms with Crippen LogP contribution in [0.5, 0.6) is 0 Å². The van der Waals surface area contributed by atoms with Gasteiger partial charge in [0.1, 0.15) is 22.8 Å². The molecular formula is C12H19ClN4O. The first-order valence-corrected chi connectivity index (χ1v) is 6.40. The summed E-state index contributed by atoms with van der Waals surface area (Å²) in [6.45, 7) is 8.23. The molecule has 1 unspecified atom stereocenters. The van der Waals surface area contributed by atoms with Crippen LogP contribution in [-0.2, 0) is 4.79 Å². The number of carbonyl (C=O) groups is 1. The number of amides is 1. The average Bonchev–Trinajstić information content (AvgIpc) is 2.28. The Kier molecular flexibility index (Phi) is 5.34. The second-order valence-corrected chi connectivity index (χ2v) is 4.74. The summed E-state index contributed by atoms with van der Waals surface area (Å²) in [6, 6.07) is 1.25. The van der Waals surface area contributed by atoms with E-state index in [2.05, 4.69) is 20.6 Å². The lowest BCUT2D eigenvalue weighted by molar-refractivity contribution is -0.121. The molecule has 0 radical (unpaired) electrons. The van der Waals surface area contributed by atoms with Gasteiger partial charge < -0.3 is 10.6 Å². The number of hydrogen-bond donors (Lipinski definition) is 2.